The van der Waals surface area contributed by atoms with Gasteiger partial charge in [-0.15, -0.1) is 0 Å². The maximum absolute atomic E-state index is 13.9. The quantitative estimate of drug-likeness (QED) is 0.837. The molecule has 5 nitrogen and oxygen atoms in total. The van der Waals surface area contributed by atoms with Crippen LogP contribution in [-0.4, -0.2) is 42.5 Å². The summed E-state index contributed by atoms with van der Waals surface area (Å²) in [6.07, 6.45) is 2.54. The summed E-state index contributed by atoms with van der Waals surface area (Å²) < 4.78 is 20.3. The van der Waals surface area contributed by atoms with Crippen LogP contribution in [0.4, 0.5) is 4.39 Å². The third kappa shape index (κ3) is 3.91. The highest BCUT2D eigenvalue weighted by molar-refractivity contribution is 5.94. The molecule has 1 atom stereocenters. The fourth-order valence-corrected chi connectivity index (χ4v) is 4.58. The lowest BCUT2D eigenvalue weighted by molar-refractivity contribution is -0.121. The summed E-state index contributed by atoms with van der Waals surface area (Å²) in [5, 5.41) is 2.72. The second-order valence-electron chi connectivity index (χ2n) is 8.36. The van der Waals surface area contributed by atoms with Crippen molar-refractivity contribution < 1.29 is 18.7 Å². The number of halogens is 1. The van der Waals surface area contributed by atoms with Gasteiger partial charge in [0.05, 0.1) is 0 Å². The maximum Gasteiger partial charge on any atom is 0.253 e. The highest BCUT2D eigenvalue weighted by Gasteiger charge is 2.44. The number of carbonyl (C=O) groups excluding carboxylic acids is 2. The van der Waals surface area contributed by atoms with Gasteiger partial charge in [0.25, 0.3) is 5.91 Å². The molecule has 2 aromatic rings. The predicted octanol–water partition coefficient (Wildman–Crippen LogP) is 3.81. The normalized spacial score (nSPS) is 19.7. The van der Waals surface area contributed by atoms with Gasteiger partial charge in [0.2, 0.25) is 5.91 Å². The van der Waals surface area contributed by atoms with Crippen LogP contribution in [0.25, 0.3) is 0 Å². The number of rotatable bonds is 3. The molecule has 0 radical (unpaired) electrons. The van der Waals surface area contributed by atoms with Crippen LogP contribution >= 0.6 is 0 Å². The largest absolute Gasteiger partial charge is 0.487 e. The van der Waals surface area contributed by atoms with E-state index in [1.165, 1.54) is 6.07 Å². The van der Waals surface area contributed by atoms with Crippen molar-refractivity contribution >= 4 is 11.8 Å². The molecule has 30 heavy (non-hydrogen) atoms. The first-order valence-corrected chi connectivity index (χ1v) is 10.4. The minimum absolute atomic E-state index is 0.0147. The van der Waals surface area contributed by atoms with E-state index in [-0.39, 0.29) is 29.2 Å². The van der Waals surface area contributed by atoms with Gasteiger partial charge in [0.15, 0.2) is 0 Å². The van der Waals surface area contributed by atoms with Crippen molar-refractivity contribution in [2.45, 2.75) is 44.1 Å². The van der Waals surface area contributed by atoms with E-state index in [1.807, 2.05) is 24.3 Å². The van der Waals surface area contributed by atoms with Crippen LogP contribution in [0.1, 0.15) is 53.1 Å². The molecule has 0 aliphatic carbocycles. The number of hydrogen-bond acceptors (Lipinski definition) is 3. The summed E-state index contributed by atoms with van der Waals surface area (Å²) in [4.78, 5) is 26.7. The zero-order valence-corrected chi connectivity index (χ0v) is 17.4. The van der Waals surface area contributed by atoms with Crippen molar-refractivity contribution in [3.05, 3.63) is 65.0 Å². The van der Waals surface area contributed by atoms with Crippen LogP contribution in [-0.2, 0) is 4.79 Å². The highest BCUT2D eigenvalue weighted by atomic mass is 19.1. The lowest BCUT2D eigenvalue weighted by atomic mass is 9.76. The van der Waals surface area contributed by atoms with Crippen LogP contribution in [0.3, 0.4) is 0 Å². The van der Waals surface area contributed by atoms with Crippen LogP contribution in [0.2, 0.25) is 0 Å². The van der Waals surface area contributed by atoms with Crippen LogP contribution in [0.5, 0.6) is 5.75 Å². The first kappa shape index (κ1) is 20.4. The topological polar surface area (TPSA) is 58.6 Å². The summed E-state index contributed by atoms with van der Waals surface area (Å²) in [6, 6.07) is 12.5. The number of para-hydroxylation sites is 1. The standard InChI is InChI=1S/C24H27FN2O3/c1-16-7-8-17(13-20(16)25)23(29)27-11-9-24(10-12-27)15-18(14-22(28)26-2)19-5-3-4-6-21(19)30-24/h3-8,13,18H,9-12,14-15H2,1-2H3,(H,26,28). The molecule has 0 bridgehead atoms. The van der Waals surface area contributed by atoms with Crippen LogP contribution < -0.4 is 10.1 Å². The highest BCUT2D eigenvalue weighted by Crippen LogP contribution is 2.46. The molecule has 1 N–H and O–H groups in total. The second kappa shape index (κ2) is 8.09. The smallest absolute Gasteiger partial charge is 0.253 e. The van der Waals surface area contributed by atoms with Gasteiger partial charge in [-0.25, -0.2) is 4.39 Å². The maximum atomic E-state index is 13.9. The number of benzene rings is 2. The Morgan fingerprint density at radius 3 is 2.63 bits per heavy atom. The van der Waals surface area contributed by atoms with Crippen LogP contribution in [0.15, 0.2) is 42.5 Å². The van der Waals surface area contributed by atoms with E-state index in [4.69, 9.17) is 4.74 Å². The Balaban J connectivity index is 1.50. The van der Waals surface area contributed by atoms with Crippen molar-refractivity contribution in [3.8, 4) is 5.75 Å². The molecule has 6 heteroatoms. The van der Waals surface area contributed by atoms with E-state index < -0.39 is 0 Å². The molecule has 2 heterocycles. The number of nitrogens with one attached hydrogen (secondary N) is 1. The second-order valence-corrected chi connectivity index (χ2v) is 8.36. The van der Waals surface area contributed by atoms with Gasteiger partial charge < -0.3 is 15.0 Å². The molecule has 1 fully saturated rings. The predicted molar refractivity (Wildman–Crippen MR) is 112 cm³/mol. The molecular formula is C24H27FN2O3. The average Bonchev–Trinajstić information content (AvgIpc) is 2.75. The lowest BCUT2D eigenvalue weighted by Crippen LogP contribution is -2.52. The molecule has 1 spiro atoms. The first-order chi connectivity index (χ1) is 14.4. The summed E-state index contributed by atoms with van der Waals surface area (Å²) >= 11 is 0. The zero-order valence-electron chi connectivity index (χ0n) is 17.4. The van der Waals surface area contributed by atoms with Gasteiger partial charge in [-0.2, -0.15) is 0 Å². The third-order valence-corrected chi connectivity index (χ3v) is 6.40. The first-order valence-electron chi connectivity index (χ1n) is 10.4. The number of piperidine rings is 1. The van der Waals surface area contributed by atoms with E-state index in [1.54, 1.807) is 31.0 Å². The van der Waals surface area contributed by atoms with E-state index in [0.29, 0.717) is 43.5 Å². The SMILES string of the molecule is CNC(=O)CC1CC2(CCN(C(=O)c3ccc(C)c(F)c3)CC2)Oc2ccccc21. The van der Waals surface area contributed by atoms with Crippen molar-refractivity contribution in [1.82, 2.24) is 10.2 Å². The fourth-order valence-electron chi connectivity index (χ4n) is 4.58. The summed E-state index contributed by atoms with van der Waals surface area (Å²) in [5.74, 6) is 0.419. The Labute approximate surface area is 176 Å². The van der Waals surface area contributed by atoms with Crippen molar-refractivity contribution in [2.75, 3.05) is 20.1 Å². The van der Waals surface area contributed by atoms with Gasteiger partial charge in [-0.1, -0.05) is 24.3 Å². The van der Waals surface area contributed by atoms with Gasteiger partial charge in [0, 0.05) is 50.9 Å². The molecule has 0 aromatic heterocycles. The lowest BCUT2D eigenvalue weighted by Gasteiger charge is -2.47. The minimum atomic E-state index is -0.387. The van der Waals surface area contributed by atoms with E-state index >= 15 is 0 Å². The average molecular weight is 410 g/mol. The number of carbonyl (C=O) groups is 2. The van der Waals surface area contributed by atoms with Crippen LogP contribution in [0, 0.1) is 12.7 Å². The van der Waals surface area contributed by atoms with Gasteiger partial charge in [-0.3, -0.25) is 9.59 Å². The Hall–Kier alpha value is -2.89. The molecule has 2 aromatic carbocycles. The van der Waals surface area contributed by atoms with E-state index in [2.05, 4.69) is 5.32 Å². The molecule has 0 saturated carbocycles. The molecule has 4 rings (SSSR count). The Kier molecular flexibility index (Phi) is 5.50. The Morgan fingerprint density at radius 2 is 1.93 bits per heavy atom. The fraction of sp³-hybridized carbons (Fsp3) is 0.417. The zero-order chi connectivity index (χ0) is 21.3. The Morgan fingerprint density at radius 1 is 1.20 bits per heavy atom. The molecule has 2 aliphatic rings. The number of likely N-dealkylation sites (tertiary alicyclic amines) is 1. The van der Waals surface area contributed by atoms with Crippen molar-refractivity contribution in [2.24, 2.45) is 0 Å². The van der Waals surface area contributed by atoms with Crippen molar-refractivity contribution in [3.63, 3.8) is 0 Å². The molecule has 2 aliphatic heterocycles. The molecular weight excluding hydrogens is 383 g/mol. The number of hydrogen-bond donors (Lipinski definition) is 1. The van der Waals surface area contributed by atoms with Gasteiger partial charge in [0.1, 0.15) is 17.2 Å². The number of ether oxygens (including phenoxy) is 1. The summed E-state index contributed by atoms with van der Waals surface area (Å²) in [5.41, 5.74) is 1.59. The van der Waals surface area contributed by atoms with Crippen molar-refractivity contribution in [1.29, 1.82) is 0 Å². The number of nitrogens with zero attached hydrogens (tertiary/aromatic N) is 1. The van der Waals surface area contributed by atoms with E-state index in [0.717, 1.165) is 17.7 Å². The molecule has 158 valence electrons. The minimum Gasteiger partial charge on any atom is -0.487 e. The van der Waals surface area contributed by atoms with E-state index in [9.17, 15) is 14.0 Å². The molecule has 1 unspecified atom stereocenters. The number of fused-ring (bicyclic) bond motifs is 1. The Bertz CT molecular complexity index is 967. The number of aryl methyl sites for hydroxylation is 1. The molecule has 2 amide bonds. The summed E-state index contributed by atoms with van der Waals surface area (Å²) in [6.45, 7) is 2.77. The van der Waals surface area contributed by atoms with Gasteiger partial charge >= 0.3 is 0 Å². The number of amides is 2. The third-order valence-electron chi connectivity index (χ3n) is 6.40. The van der Waals surface area contributed by atoms with Gasteiger partial charge in [-0.05, 0) is 42.7 Å². The summed E-state index contributed by atoms with van der Waals surface area (Å²) in [7, 11) is 1.65. The molecule has 1 saturated heterocycles. The monoisotopic (exact) mass is 410 g/mol.